The number of anilines is 1. The number of ether oxygens (including phenoxy) is 2. The summed E-state index contributed by atoms with van der Waals surface area (Å²) in [7, 11) is 1.58. The lowest BCUT2D eigenvalue weighted by atomic mass is 9.85. The van der Waals surface area contributed by atoms with Crippen LogP contribution in [-0.2, 0) is 15.7 Å². The lowest BCUT2D eigenvalue weighted by Crippen LogP contribution is -2.56. The topological polar surface area (TPSA) is 30.5 Å². The van der Waals surface area contributed by atoms with Gasteiger partial charge in [-0.3, -0.25) is 0 Å². The van der Waals surface area contributed by atoms with Crippen LogP contribution in [0.1, 0.15) is 24.5 Å². The summed E-state index contributed by atoms with van der Waals surface area (Å²) in [5, 5.41) is 3.10. The van der Waals surface area contributed by atoms with E-state index in [4.69, 9.17) is 9.47 Å². The van der Waals surface area contributed by atoms with E-state index in [0.717, 1.165) is 12.5 Å². The number of hydrogen-bond donors (Lipinski definition) is 1. The van der Waals surface area contributed by atoms with Gasteiger partial charge in [0.05, 0.1) is 17.7 Å². The zero-order valence-corrected chi connectivity index (χ0v) is 12.3. The van der Waals surface area contributed by atoms with Gasteiger partial charge in [-0.2, -0.15) is 13.2 Å². The Labute approximate surface area is 122 Å². The van der Waals surface area contributed by atoms with E-state index in [-0.39, 0.29) is 23.8 Å². The predicted molar refractivity (Wildman–Crippen MR) is 74.4 cm³/mol. The molecule has 0 spiro atoms. The molecular formula is C15H20F3NO2. The van der Waals surface area contributed by atoms with E-state index in [0.29, 0.717) is 12.3 Å². The van der Waals surface area contributed by atoms with Gasteiger partial charge in [-0.15, -0.1) is 0 Å². The monoisotopic (exact) mass is 303 g/mol. The van der Waals surface area contributed by atoms with Crippen molar-refractivity contribution in [2.24, 2.45) is 0 Å². The Balaban J connectivity index is 2.07. The van der Waals surface area contributed by atoms with Crippen molar-refractivity contribution >= 4 is 5.69 Å². The van der Waals surface area contributed by atoms with Crippen molar-refractivity contribution in [3.63, 3.8) is 0 Å². The van der Waals surface area contributed by atoms with Crippen LogP contribution in [0.4, 0.5) is 18.9 Å². The second-order valence-electron chi connectivity index (χ2n) is 5.21. The summed E-state index contributed by atoms with van der Waals surface area (Å²) in [6.07, 6.45) is -3.75. The number of nitrogens with one attached hydrogen (secondary N) is 1. The average molecular weight is 303 g/mol. The third-order valence-electron chi connectivity index (χ3n) is 3.80. The van der Waals surface area contributed by atoms with Crippen LogP contribution in [0.25, 0.3) is 0 Å². The fourth-order valence-electron chi connectivity index (χ4n) is 2.65. The van der Waals surface area contributed by atoms with Gasteiger partial charge in [-0.1, -0.05) is 6.07 Å². The standard InChI is InChI=1S/C15H20F3NO2/c1-4-21-13-8-12(14(13)20-3)19-10-6-5-9(2)11(7-10)15(16,17)18/h5-7,12-14,19H,4,8H2,1-3H3. The van der Waals surface area contributed by atoms with E-state index in [1.54, 1.807) is 13.2 Å². The lowest BCUT2D eigenvalue weighted by molar-refractivity contribution is -0.138. The van der Waals surface area contributed by atoms with Crippen LogP contribution in [0.3, 0.4) is 0 Å². The number of aryl methyl sites for hydroxylation is 1. The van der Waals surface area contributed by atoms with E-state index in [1.165, 1.54) is 13.0 Å². The normalized spacial score (nSPS) is 25.5. The molecule has 3 unspecified atom stereocenters. The lowest BCUT2D eigenvalue weighted by Gasteiger charge is -2.43. The van der Waals surface area contributed by atoms with Crippen molar-refractivity contribution in [2.45, 2.75) is 44.7 Å². The molecule has 0 radical (unpaired) electrons. The highest BCUT2D eigenvalue weighted by molar-refractivity contribution is 5.50. The maximum atomic E-state index is 12.9. The van der Waals surface area contributed by atoms with Crippen LogP contribution in [-0.4, -0.2) is 32.0 Å². The van der Waals surface area contributed by atoms with Gasteiger partial charge < -0.3 is 14.8 Å². The summed E-state index contributed by atoms with van der Waals surface area (Å²) in [4.78, 5) is 0. The fraction of sp³-hybridized carbons (Fsp3) is 0.600. The molecule has 0 saturated heterocycles. The minimum absolute atomic E-state index is 0.00466. The zero-order chi connectivity index (χ0) is 15.6. The number of methoxy groups -OCH3 is 1. The molecule has 0 aromatic heterocycles. The molecule has 1 aromatic rings. The molecule has 3 atom stereocenters. The van der Waals surface area contributed by atoms with Gasteiger partial charge in [0.1, 0.15) is 6.10 Å². The molecule has 0 aliphatic heterocycles. The summed E-state index contributed by atoms with van der Waals surface area (Å²) in [6.45, 7) is 3.96. The molecule has 2 rings (SSSR count). The SMILES string of the molecule is CCOC1CC(Nc2ccc(C)c(C(F)(F)F)c2)C1OC. The molecule has 3 nitrogen and oxygen atoms in total. The Morgan fingerprint density at radius 3 is 2.62 bits per heavy atom. The smallest absolute Gasteiger partial charge is 0.379 e. The Hall–Kier alpha value is -1.27. The highest BCUT2D eigenvalue weighted by Gasteiger charge is 2.42. The van der Waals surface area contributed by atoms with Gasteiger partial charge in [0.25, 0.3) is 0 Å². The van der Waals surface area contributed by atoms with E-state index in [1.807, 2.05) is 6.92 Å². The fourth-order valence-corrected chi connectivity index (χ4v) is 2.65. The van der Waals surface area contributed by atoms with Gasteiger partial charge >= 0.3 is 6.18 Å². The number of benzene rings is 1. The van der Waals surface area contributed by atoms with Crippen LogP contribution < -0.4 is 5.32 Å². The minimum atomic E-state index is -4.34. The molecule has 1 aromatic carbocycles. The second-order valence-corrected chi connectivity index (χ2v) is 5.21. The van der Waals surface area contributed by atoms with Crippen molar-refractivity contribution in [2.75, 3.05) is 19.0 Å². The van der Waals surface area contributed by atoms with Crippen LogP contribution in [0.2, 0.25) is 0 Å². The minimum Gasteiger partial charge on any atom is -0.379 e. The molecule has 118 valence electrons. The van der Waals surface area contributed by atoms with Gasteiger partial charge in [0.15, 0.2) is 0 Å². The number of hydrogen-bond acceptors (Lipinski definition) is 3. The Morgan fingerprint density at radius 2 is 2.05 bits per heavy atom. The quantitative estimate of drug-likeness (QED) is 0.901. The van der Waals surface area contributed by atoms with E-state index >= 15 is 0 Å². The Morgan fingerprint density at radius 1 is 1.33 bits per heavy atom. The molecule has 1 aliphatic rings. The Bertz CT molecular complexity index is 490. The molecule has 0 amide bonds. The average Bonchev–Trinajstić information content (AvgIpc) is 2.38. The predicted octanol–water partition coefficient (Wildman–Crippen LogP) is 3.62. The van der Waals surface area contributed by atoms with Gasteiger partial charge in [-0.05, 0) is 38.0 Å². The zero-order valence-electron chi connectivity index (χ0n) is 12.3. The van der Waals surface area contributed by atoms with Crippen LogP contribution >= 0.6 is 0 Å². The van der Waals surface area contributed by atoms with Crippen molar-refractivity contribution in [1.82, 2.24) is 0 Å². The molecule has 1 saturated carbocycles. The maximum Gasteiger partial charge on any atom is 0.416 e. The molecular weight excluding hydrogens is 283 g/mol. The van der Waals surface area contributed by atoms with Crippen molar-refractivity contribution < 1.29 is 22.6 Å². The molecule has 1 fully saturated rings. The van der Waals surface area contributed by atoms with Crippen LogP contribution in [0, 0.1) is 6.92 Å². The maximum absolute atomic E-state index is 12.9. The second kappa shape index (κ2) is 6.23. The summed E-state index contributed by atoms with van der Waals surface area (Å²) in [5.41, 5.74) is 0.0641. The van der Waals surface area contributed by atoms with Crippen molar-refractivity contribution in [3.8, 4) is 0 Å². The highest BCUT2D eigenvalue weighted by Crippen LogP contribution is 2.35. The largest absolute Gasteiger partial charge is 0.416 e. The number of alkyl halides is 3. The first-order valence-electron chi connectivity index (χ1n) is 6.95. The summed E-state index contributed by atoms with van der Waals surface area (Å²) >= 11 is 0. The molecule has 1 N–H and O–H groups in total. The number of rotatable bonds is 5. The van der Waals surface area contributed by atoms with Gasteiger partial charge in [0, 0.05) is 19.4 Å². The first-order chi connectivity index (χ1) is 9.86. The van der Waals surface area contributed by atoms with Gasteiger partial charge in [0.2, 0.25) is 0 Å². The Kier molecular flexibility index (Phi) is 4.78. The van der Waals surface area contributed by atoms with Crippen LogP contribution in [0.5, 0.6) is 0 Å². The summed E-state index contributed by atoms with van der Waals surface area (Å²) in [6, 6.07) is 4.25. The molecule has 1 aliphatic carbocycles. The molecule has 0 bridgehead atoms. The van der Waals surface area contributed by atoms with E-state index in [9.17, 15) is 13.2 Å². The molecule has 0 heterocycles. The first-order valence-corrected chi connectivity index (χ1v) is 6.95. The summed E-state index contributed by atoms with van der Waals surface area (Å²) < 4.78 is 49.5. The van der Waals surface area contributed by atoms with Crippen molar-refractivity contribution in [3.05, 3.63) is 29.3 Å². The highest BCUT2D eigenvalue weighted by atomic mass is 19.4. The van der Waals surface area contributed by atoms with E-state index in [2.05, 4.69) is 5.32 Å². The number of halogens is 3. The van der Waals surface area contributed by atoms with Crippen molar-refractivity contribution in [1.29, 1.82) is 0 Å². The third-order valence-corrected chi connectivity index (χ3v) is 3.80. The van der Waals surface area contributed by atoms with Crippen LogP contribution in [0.15, 0.2) is 18.2 Å². The molecule has 6 heteroatoms. The first kappa shape index (κ1) is 16.1. The van der Waals surface area contributed by atoms with E-state index < -0.39 is 11.7 Å². The molecule has 21 heavy (non-hydrogen) atoms. The van der Waals surface area contributed by atoms with Gasteiger partial charge in [-0.25, -0.2) is 0 Å². The summed E-state index contributed by atoms with van der Waals surface area (Å²) in [5.74, 6) is 0. The third kappa shape index (κ3) is 3.49.